The van der Waals surface area contributed by atoms with E-state index in [-0.39, 0.29) is 11.4 Å². The van der Waals surface area contributed by atoms with E-state index in [1.54, 1.807) is 24.3 Å². The number of rotatable bonds is 2. The second-order valence-electron chi connectivity index (χ2n) is 5.78. The van der Waals surface area contributed by atoms with Crippen molar-refractivity contribution in [2.24, 2.45) is 0 Å². The van der Waals surface area contributed by atoms with Gasteiger partial charge in [-0.1, -0.05) is 72.4 Å². The fraction of sp³-hybridized carbons (Fsp3) is 0.0476. The molecule has 0 radical (unpaired) electrons. The van der Waals surface area contributed by atoms with Gasteiger partial charge in [0.25, 0.3) is 0 Å². The van der Waals surface area contributed by atoms with Crippen LogP contribution >= 0.6 is 11.8 Å². The maximum Gasteiger partial charge on any atom is 0.206 e. The molecule has 4 heteroatoms. The Morgan fingerprint density at radius 2 is 1.72 bits per heavy atom. The summed E-state index contributed by atoms with van der Waals surface area (Å²) in [6.07, 6.45) is 0. The van der Waals surface area contributed by atoms with E-state index in [0.717, 1.165) is 21.4 Å². The van der Waals surface area contributed by atoms with Crippen LogP contribution in [0.2, 0.25) is 0 Å². The van der Waals surface area contributed by atoms with Crippen LogP contribution in [0.1, 0.15) is 10.4 Å². The zero-order valence-corrected chi connectivity index (χ0v) is 14.4. The molecule has 0 aliphatic carbocycles. The molecule has 3 aromatic carbocycles. The second kappa shape index (κ2) is 6.12. The Morgan fingerprint density at radius 3 is 2.48 bits per heavy atom. The smallest absolute Gasteiger partial charge is 0.206 e. The number of anilines is 1. The Hall–Kier alpha value is -3.03. The average Bonchev–Trinajstić information content (AvgIpc) is 3.00. The highest BCUT2D eigenvalue weighted by atomic mass is 32.2. The summed E-state index contributed by atoms with van der Waals surface area (Å²) in [5.41, 5.74) is 1.76. The van der Waals surface area contributed by atoms with E-state index in [2.05, 4.69) is 24.3 Å². The van der Waals surface area contributed by atoms with Crippen molar-refractivity contribution in [2.45, 2.75) is 4.90 Å². The summed E-state index contributed by atoms with van der Waals surface area (Å²) in [6, 6.07) is 23.3. The molecule has 0 aromatic heterocycles. The number of Topliss-reactive ketones (excluding diaryl/α,β-unsaturated/α-hetero) is 1. The quantitative estimate of drug-likeness (QED) is 0.373. The van der Waals surface area contributed by atoms with Gasteiger partial charge in [0.2, 0.25) is 5.78 Å². The molecule has 0 atom stereocenters. The van der Waals surface area contributed by atoms with Crippen molar-refractivity contribution >= 4 is 34.0 Å². The number of thioether (sulfide) groups is 1. The molecule has 0 saturated heterocycles. The first-order valence-corrected chi connectivity index (χ1v) is 8.70. The van der Waals surface area contributed by atoms with Crippen molar-refractivity contribution in [3.05, 3.63) is 82.9 Å². The summed E-state index contributed by atoms with van der Waals surface area (Å²) in [6.45, 7) is 0. The summed E-state index contributed by atoms with van der Waals surface area (Å²) in [5, 5.41) is 12.6. The van der Waals surface area contributed by atoms with E-state index in [1.807, 2.05) is 36.2 Å². The summed E-state index contributed by atoms with van der Waals surface area (Å²) in [4.78, 5) is 15.8. The first kappa shape index (κ1) is 15.5. The highest BCUT2D eigenvalue weighted by Crippen LogP contribution is 2.49. The molecule has 4 rings (SSSR count). The normalized spacial score (nSPS) is 15.0. The number of carbonyl (C=O) groups is 1. The van der Waals surface area contributed by atoms with E-state index in [4.69, 9.17) is 0 Å². The van der Waals surface area contributed by atoms with Crippen LogP contribution in [0.3, 0.4) is 0 Å². The largest absolute Gasteiger partial charge is 0.336 e. The molecule has 0 N–H and O–H groups in total. The summed E-state index contributed by atoms with van der Waals surface area (Å²) < 4.78 is 0. The predicted octanol–water partition coefficient (Wildman–Crippen LogP) is 5.00. The minimum atomic E-state index is -0.241. The second-order valence-corrected chi connectivity index (χ2v) is 6.81. The Kier molecular flexibility index (Phi) is 3.79. The van der Waals surface area contributed by atoms with Crippen LogP contribution in [-0.4, -0.2) is 12.8 Å². The third kappa shape index (κ3) is 2.50. The van der Waals surface area contributed by atoms with Gasteiger partial charge in [-0.2, -0.15) is 5.26 Å². The molecule has 0 fully saturated rings. The number of fused-ring (bicyclic) bond motifs is 3. The Balaban J connectivity index is 1.86. The Bertz CT molecular complexity index is 1060. The number of hydrogen-bond donors (Lipinski definition) is 0. The Morgan fingerprint density at radius 1 is 1.00 bits per heavy atom. The summed E-state index contributed by atoms with van der Waals surface area (Å²) in [7, 11) is 1.91. The van der Waals surface area contributed by atoms with Gasteiger partial charge in [0.1, 0.15) is 16.7 Å². The molecule has 120 valence electrons. The number of carbonyl (C=O) groups excluding carboxylic acids is 1. The lowest BCUT2D eigenvalue weighted by Crippen LogP contribution is -2.15. The van der Waals surface area contributed by atoms with Crippen LogP contribution in [0, 0.1) is 11.3 Å². The predicted molar refractivity (Wildman–Crippen MR) is 102 cm³/mol. The van der Waals surface area contributed by atoms with E-state index >= 15 is 0 Å². The van der Waals surface area contributed by atoms with Crippen LogP contribution in [0.4, 0.5) is 5.69 Å². The number of allylic oxidation sites excluding steroid dienone is 1. The van der Waals surface area contributed by atoms with Gasteiger partial charge in [0.05, 0.1) is 5.69 Å². The molecule has 0 unspecified atom stereocenters. The first-order valence-electron chi connectivity index (χ1n) is 7.88. The molecule has 3 aromatic rings. The van der Waals surface area contributed by atoms with E-state index in [0.29, 0.717) is 10.6 Å². The van der Waals surface area contributed by atoms with Crippen LogP contribution in [0.5, 0.6) is 0 Å². The number of benzene rings is 3. The maximum absolute atomic E-state index is 12.8. The van der Waals surface area contributed by atoms with E-state index in [1.165, 1.54) is 11.8 Å². The van der Waals surface area contributed by atoms with Crippen molar-refractivity contribution in [3.8, 4) is 6.07 Å². The van der Waals surface area contributed by atoms with Gasteiger partial charge in [-0.15, -0.1) is 0 Å². The number of nitrogens with zero attached hydrogens (tertiary/aromatic N) is 2. The molecule has 0 spiro atoms. The standard InChI is InChI=1S/C21H14N2OS/c1-23-19-16-10-6-5-7-14(16)11-12-18(19)25-21(23)17(13-22)20(24)15-8-3-2-4-9-15/h2-12H,1H3/b21-17-. The molecule has 3 nitrogen and oxygen atoms in total. The van der Waals surface area contributed by atoms with Crippen molar-refractivity contribution in [3.63, 3.8) is 0 Å². The highest BCUT2D eigenvalue weighted by molar-refractivity contribution is 8.03. The average molecular weight is 342 g/mol. The van der Waals surface area contributed by atoms with Gasteiger partial charge >= 0.3 is 0 Å². The zero-order chi connectivity index (χ0) is 17.4. The zero-order valence-electron chi connectivity index (χ0n) is 13.6. The van der Waals surface area contributed by atoms with E-state index in [9.17, 15) is 10.1 Å². The lowest BCUT2D eigenvalue weighted by Gasteiger charge is -2.16. The molecule has 0 amide bonds. The molecule has 25 heavy (non-hydrogen) atoms. The van der Waals surface area contributed by atoms with Gasteiger partial charge in [0.15, 0.2) is 0 Å². The molecule has 1 aliphatic heterocycles. The minimum Gasteiger partial charge on any atom is -0.336 e. The van der Waals surface area contributed by atoms with Crippen LogP contribution in [0.15, 0.2) is 82.2 Å². The topological polar surface area (TPSA) is 44.1 Å². The number of hydrogen-bond acceptors (Lipinski definition) is 4. The van der Waals surface area contributed by atoms with Gasteiger partial charge in [-0.3, -0.25) is 4.79 Å². The summed E-state index contributed by atoms with van der Waals surface area (Å²) in [5.74, 6) is -0.241. The third-order valence-electron chi connectivity index (χ3n) is 4.30. The minimum absolute atomic E-state index is 0.180. The van der Waals surface area contributed by atoms with Gasteiger partial charge in [-0.05, 0) is 11.5 Å². The fourth-order valence-corrected chi connectivity index (χ4v) is 4.24. The van der Waals surface area contributed by atoms with Crippen molar-refractivity contribution < 1.29 is 4.79 Å². The molecular formula is C21H14N2OS. The van der Waals surface area contributed by atoms with Crippen LogP contribution in [-0.2, 0) is 0 Å². The molecule has 1 heterocycles. The number of ketones is 1. The monoisotopic (exact) mass is 342 g/mol. The molecule has 0 saturated carbocycles. The van der Waals surface area contributed by atoms with Gasteiger partial charge in [0, 0.05) is 22.9 Å². The SMILES string of the molecule is CN1/C(=C(\C#N)C(=O)c2ccccc2)Sc2ccc3ccccc3c21. The van der Waals surface area contributed by atoms with Crippen molar-refractivity contribution in [1.29, 1.82) is 5.26 Å². The fourth-order valence-electron chi connectivity index (χ4n) is 3.09. The molecule has 0 bridgehead atoms. The summed E-state index contributed by atoms with van der Waals surface area (Å²) >= 11 is 1.48. The van der Waals surface area contributed by atoms with E-state index < -0.39 is 0 Å². The lowest BCUT2D eigenvalue weighted by molar-refractivity contribution is 0.103. The number of nitriles is 1. The van der Waals surface area contributed by atoms with Crippen LogP contribution < -0.4 is 4.90 Å². The molecular weight excluding hydrogens is 328 g/mol. The van der Waals surface area contributed by atoms with Crippen LogP contribution in [0.25, 0.3) is 10.8 Å². The Labute approximate surface area is 150 Å². The van der Waals surface area contributed by atoms with Crippen molar-refractivity contribution in [1.82, 2.24) is 0 Å². The molecule has 1 aliphatic rings. The lowest BCUT2D eigenvalue weighted by atomic mass is 10.0. The van der Waals surface area contributed by atoms with Gasteiger partial charge in [-0.25, -0.2) is 0 Å². The highest BCUT2D eigenvalue weighted by Gasteiger charge is 2.29. The third-order valence-corrected chi connectivity index (χ3v) is 5.52. The first-order chi connectivity index (χ1) is 12.2. The maximum atomic E-state index is 12.8. The van der Waals surface area contributed by atoms with Crippen molar-refractivity contribution in [2.75, 3.05) is 11.9 Å². The van der Waals surface area contributed by atoms with Gasteiger partial charge < -0.3 is 4.90 Å².